The summed E-state index contributed by atoms with van der Waals surface area (Å²) in [6, 6.07) is 4.58. The number of benzene rings is 1. The monoisotopic (exact) mass is 344 g/mol. The van der Waals surface area contributed by atoms with E-state index in [9.17, 15) is 9.59 Å². The molecule has 0 radical (unpaired) electrons. The minimum atomic E-state index is -0.360. The number of carbonyl (C=O) groups excluding carboxylic acids is 2. The Morgan fingerprint density at radius 2 is 1.86 bits per heavy atom. The summed E-state index contributed by atoms with van der Waals surface area (Å²) in [6.07, 6.45) is -0.00283. The number of hydrogen-bond donors (Lipinski definition) is 1. The van der Waals surface area contributed by atoms with Crippen LogP contribution in [0, 0.1) is 0 Å². The normalized spacial score (nSPS) is 21.5. The van der Waals surface area contributed by atoms with Gasteiger partial charge in [0.15, 0.2) is 0 Å². The van der Waals surface area contributed by atoms with Crippen molar-refractivity contribution in [1.29, 1.82) is 0 Å². The highest BCUT2D eigenvalue weighted by molar-refractivity contribution is 6.42. The van der Waals surface area contributed by atoms with Crippen LogP contribution in [0.15, 0.2) is 18.2 Å². The molecule has 0 bridgehead atoms. The number of halogens is 2. The molecule has 1 N–H and O–H groups in total. The number of rotatable bonds is 3. The van der Waals surface area contributed by atoms with Gasteiger partial charge in [-0.15, -0.1) is 0 Å². The summed E-state index contributed by atoms with van der Waals surface area (Å²) in [5, 5.41) is 3.28. The summed E-state index contributed by atoms with van der Waals surface area (Å²) < 4.78 is 5.58. The first-order valence-corrected chi connectivity index (χ1v) is 7.79. The van der Waals surface area contributed by atoms with Crippen molar-refractivity contribution in [1.82, 2.24) is 10.2 Å². The number of nitrogens with one attached hydrogen (secondary N) is 1. The number of hydrogen-bond acceptors (Lipinski definition) is 3. The largest absolute Gasteiger partial charge is 0.372 e. The zero-order chi connectivity index (χ0) is 16.3. The molecule has 7 heteroatoms. The molecule has 1 saturated heterocycles. The van der Waals surface area contributed by atoms with Crippen molar-refractivity contribution in [2.45, 2.75) is 26.1 Å². The van der Waals surface area contributed by atoms with Gasteiger partial charge in [-0.05, 0) is 32.0 Å². The predicted molar refractivity (Wildman–Crippen MR) is 85.4 cm³/mol. The second-order valence-corrected chi connectivity index (χ2v) is 6.18. The Morgan fingerprint density at radius 1 is 1.23 bits per heavy atom. The fourth-order valence-electron chi connectivity index (χ4n) is 2.39. The van der Waals surface area contributed by atoms with E-state index in [0.717, 1.165) is 0 Å². The maximum Gasteiger partial charge on any atom is 0.251 e. The molecule has 2 unspecified atom stereocenters. The molecule has 1 aliphatic heterocycles. The van der Waals surface area contributed by atoms with Crippen LogP contribution in [0.3, 0.4) is 0 Å². The fraction of sp³-hybridized carbons (Fsp3) is 0.467. The van der Waals surface area contributed by atoms with E-state index in [1.165, 1.54) is 6.07 Å². The van der Waals surface area contributed by atoms with Gasteiger partial charge in [0.2, 0.25) is 5.91 Å². The quantitative estimate of drug-likeness (QED) is 0.915. The van der Waals surface area contributed by atoms with Crippen molar-refractivity contribution in [3.63, 3.8) is 0 Å². The van der Waals surface area contributed by atoms with Gasteiger partial charge in [0.25, 0.3) is 5.91 Å². The predicted octanol–water partition coefficient (Wildman–Crippen LogP) is 2.36. The molecule has 1 heterocycles. The summed E-state index contributed by atoms with van der Waals surface area (Å²) in [6.45, 7) is 4.85. The van der Waals surface area contributed by atoms with Crippen molar-refractivity contribution in [3.05, 3.63) is 33.8 Å². The molecule has 2 atom stereocenters. The summed E-state index contributed by atoms with van der Waals surface area (Å²) >= 11 is 11.7. The molecule has 1 fully saturated rings. The second-order valence-electron chi connectivity index (χ2n) is 5.37. The van der Waals surface area contributed by atoms with Gasteiger partial charge in [-0.2, -0.15) is 0 Å². The molecule has 0 aromatic heterocycles. The zero-order valence-electron chi connectivity index (χ0n) is 12.4. The van der Waals surface area contributed by atoms with Crippen molar-refractivity contribution in [2.75, 3.05) is 19.6 Å². The van der Waals surface area contributed by atoms with Gasteiger partial charge in [-0.25, -0.2) is 0 Å². The van der Waals surface area contributed by atoms with E-state index in [1.54, 1.807) is 17.0 Å². The lowest BCUT2D eigenvalue weighted by atomic mass is 10.2. The first kappa shape index (κ1) is 17.1. The van der Waals surface area contributed by atoms with Crippen LogP contribution in [0.5, 0.6) is 0 Å². The Balaban J connectivity index is 1.90. The molecule has 22 heavy (non-hydrogen) atoms. The molecule has 2 amide bonds. The Kier molecular flexibility index (Phi) is 5.67. The highest BCUT2D eigenvalue weighted by Gasteiger charge is 2.25. The number of carbonyl (C=O) groups is 2. The molecule has 5 nitrogen and oxygen atoms in total. The zero-order valence-corrected chi connectivity index (χ0v) is 13.9. The Morgan fingerprint density at radius 3 is 2.45 bits per heavy atom. The standard InChI is InChI=1S/C15H18Cl2N2O3/c1-9-7-19(8-10(2)22-9)14(20)6-18-15(21)11-3-4-12(16)13(17)5-11/h3-5,9-10H,6-8H2,1-2H3,(H,18,21). The van der Waals surface area contributed by atoms with Gasteiger partial charge in [-0.1, -0.05) is 23.2 Å². The highest BCUT2D eigenvalue weighted by atomic mass is 35.5. The molecular weight excluding hydrogens is 327 g/mol. The SMILES string of the molecule is CC1CN(C(=O)CNC(=O)c2ccc(Cl)c(Cl)c2)CC(C)O1. The molecule has 0 spiro atoms. The molecule has 1 aliphatic rings. The third-order valence-electron chi connectivity index (χ3n) is 3.35. The second kappa shape index (κ2) is 7.31. The maximum absolute atomic E-state index is 12.2. The lowest BCUT2D eigenvalue weighted by Crippen LogP contribution is -2.51. The van der Waals surface area contributed by atoms with Gasteiger partial charge in [-0.3, -0.25) is 9.59 Å². The first-order valence-electron chi connectivity index (χ1n) is 7.03. The van der Waals surface area contributed by atoms with Gasteiger partial charge in [0.05, 0.1) is 28.8 Å². The summed E-state index contributed by atoms with van der Waals surface area (Å²) in [4.78, 5) is 25.9. The summed E-state index contributed by atoms with van der Waals surface area (Å²) in [5.41, 5.74) is 0.367. The van der Waals surface area contributed by atoms with E-state index in [1.807, 2.05) is 13.8 Å². The molecular formula is C15H18Cl2N2O3. The summed E-state index contributed by atoms with van der Waals surface area (Å²) in [5.74, 6) is -0.489. The van der Waals surface area contributed by atoms with Crippen LogP contribution in [0.25, 0.3) is 0 Å². The minimum Gasteiger partial charge on any atom is -0.372 e. The Bertz CT molecular complexity index is 570. The van der Waals surface area contributed by atoms with Crippen LogP contribution in [0.1, 0.15) is 24.2 Å². The molecule has 0 saturated carbocycles. The van der Waals surface area contributed by atoms with Gasteiger partial charge in [0.1, 0.15) is 0 Å². The van der Waals surface area contributed by atoms with Crippen molar-refractivity contribution < 1.29 is 14.3 Å². The van der Waals surface area contributed by atoms with Gasteiger partial charge < -0.3 is 15.0 Å². The first-order chi connectivity index (χ1) is 10.4. The van der Waals surface area contributed by atoms with Crippen LogP contribution in [0.2, 0.25) is 10.0 Å². The average Bonchev–Trinajstić information content (AvgIpc) is 2.46. The van der Waals surface area contributed by atoms with E-state index in [0.29, 0.717) is 28.7 Å². The highest BCUT2D eigenvalue weighted by Crippen LogP contribution is 2.22. The Labute approximate surface area is 139 Å². The number of nitrogens with zero attached hydrogens (tertiary/aromatic N) is 1. The van der Waals surface area contributed by atoms with E-state index in [-0.39, 0.29) is 30.6 Å². The van der Waals surface area contributed by atoms with E-state index >= 15 is 0 Å². The molecule has 1 aromatic carbocycles. The molecule has 120 valence electrons. The van der Waals surface area contributed by atoms with E-state index in [4.69, 9.17) is 27.9 Å². The topological polar surface area (TPSA) is 58.6 Å². The lowest BCUT2D eigenvalue weighted by molar-refractivity contribution is -0.142. The third kappa shape index (κ3) is 4.35. The lowest BCUT2D eigenvalue weighted by Gasteiger charge is -2.35. The van der Waals surface area contributed by atoms with Crippen LogP contribution in [-0.2, 0) is 9.53 Å². The van der Waals surface area contributed by atoms with Crippen LogP contribution < -0.4 is 5.32 Å². The number of amides is 2. The third-order valence-corrected chi connectivity index (χ3v) is 4.09. The van der Waals surface area contributed by atoms with Crippen molar-refractivity contribution >= 4 is 35.0 Å². The Hall–Kier alpha value is -1.30. The van der Waals surface area contributed by atoms with E-state index < -0.39 is 0 Å². The molecule has 2 rings (SSSR count). The molecule has 1 aromatic rings. The number of morpholine rings is 1. The average molecular weight is 345 g/mol. The van der Waals surface area contributed by atoms with Gasteiger partial charge >= 0.3 is 0 Å². The molecule has 0 aliphatic carbocycles. The maximum atomic E-state index is 12.2. The van der Waals surface area contributed by atoms with Crippen LogP contribution in [-0.4, -0.2) is 48.6 Å². The summed E-state index contributed by atoms with van der Waals surface area (Å²) in [7, 11) is 0. The van der Waals surface area contributed by atoms with Crippen molar-refractivity contribution in [2.24, 2.45) is 0 Å². The fourth-order valence-corrected chi connectivity index (χ4v) is 2.69. The van der Waals surface area contributed by atoms with Crippen LogP contribution >= 0.6 is 23.2 Å². The number of ether oxygens (including phenoxy) is 1. The van der Waals surface area contributed by atoms with Crippen LogP contribution in [0.4, 0.5) is 0 Å². The minimum absolute atomic E-state index is 0.00141. The smallest absolute Gasteiger partial charge is 0.251 e. The van der Waals surface area contributed by atoms with Gasteiger partial charge in [0, 0.05) is 18.7 Å². The van der Waals surface area contributed by atoms with Crippen molar-refractivity contribution in [3.8, 4) is 0 Å². The van der Waals surface area contributed by atoms with E-state index in [2.05, 4.69) is 5.32 Å².